The van der Waals surface area contributed by atoms with Gasteiger partial charge in [0.1, 0.15) is 0 Å². The van der Waals surface area contributed by atoms with Crippen molar-refractivity contribution in [3.63, 3.8) is 0 Å². The van der Waals surface area contributed by atoms with Gasteiger partial charge in [0.2, 0.25) is 0 Å². The topological polar surface area (TPSA) is 58.1 Å². The maximum atomic E-state index is 13.3. The summed E-state index contributed by atoms with van der Waals surface area (Å²) in [5.41, 5.74) is -0.483. The third-order valence-electron chi connectivity index (χ3n) is 4.41. The number of benzene rings is 1. The maximum Gasteiger partial charge on any atom is 0.458 e. The van der Waals surface area contributed by atoms with Crippen LogP contribution in [0.2, 0.25) is 0 Å². The van der Waals surface area contributed by atoms with Gasteiger partial charge in [-0.05, 0) is 12.1 Å². The fourth-order valence-corrected chi connectivity index (χ4v) is 2.51. The summed E-state index contributed by atoms with van der Waals surface area (Å²) in [6.45, 7) is 1.39. The average molecular weight is 386 g/mol. The largest absolute Gasteiger partial charge is 0.458 e. The number of likely N-dealkylation sites (N-methyl/N-ethyl adjacent to an activating group) is 1. The van der Waals surface area contributed by atoms with Gasteiger partial charge in [0, 0.05) is 31.3 Å². The molecule has 5 nitrogen and oxygen atoms in total. The molecule has 0 spiro atoms. The molecule has 1 aromatic carbocycles. The highest BCUT2D eigenvalue weighted by Gasteiger charge is 2.58. The second-order valence-electron chi connectivity index (χ2n) is 6.18. The van der Waals surface area contributed by atoms with Crippen molar-refractivity contribution in [1.29, 1.82) is 0 Å². The zero-order valence-electron chi connectivity index (χ0n) is 14.1. The van der Waals surface area contributed by atoms with E-state index < -0.39 is 17.7 Å². The summed E-state index contributed by atoms with van der Waals surface area (Å²) in [6.07, 6.45) is -5.67. The molecular weight excluding hydrogens is 371 g/mol. The molecule has 0 atom stereocenters. The lowest BCUT2D eigenvalue weighted by Gasteiger charge is -2.35. The summed E-state index contributed by atoms with van der Waals surface area (Å²) >= 11 is 0. The molecule has 27 heavy (non-hydrogen) atoms. The van der Waals surface area contributed by atoms with E-state index in [-0.39, 0.29) is 23.3 Å². The van der Waals surface area contributed by atoms with E-state index in [2.05, 4.69) is 15.5 Å². The summed E-state index contributed by atoms with van der Waals surface area (Å²) in [6, 6.07) is 6.58. The van der Waals surface area contributed by atoms with E-state index in [0.29, 0.717) is 30.8 Å². The predicted molar refractivity (Wildman–Crippen MR) is 86.2 cm³/mol. The first-order chi connectivity index (χ1) is 12.6. The minimum absolute atomic E-state index is 0.0850. The Labute approximate surface area is 151 Å². The number of carbonyl (C=O) groups excluding carboxylic acids is 1. The Morgan fingerprint density at radius 3 is 2.11 bits per heavy atom. The van der Waals surface area contributed by atoms with Crippen molar-refractivity contribution in [1.82, 2.24) is 20.4 Å². The van der Waals surface area contributed by atoms with E-state index in [1.807, 2.05) is 0 Å². The molecule has 1 amide bonds. The lowest BCUT2D eigenvalue weighted by molar-refractivity contribution is -0.289. The molecule has 1 N–H and O–H groups in total. The summed E-state index contributed by atoms with van der Waals surface area (Å²) in [4.78, 5) is 13.8. The smallest absolute Gasteiger partial charge is 0.335 e. The van der Waals surface area contributed by atoms with Crippen LogP contribution in [0.5, 0.6) is 0 Å². The lowest BCUT2D eigenvalue weighted by atomic mass is 10.0. The number of hydrogen-bond acceptors (Lipinski definition) is 4. The summed E-state index contributed by atoms with van der Waals surface area (Å²) in [7, 11) is 1.66. The summed E-state index contributed by atoms with van der Waals surface area (Å²) in [5, 5.41) is 10.8. The van der Waals surface area contributed by atoms with Gasteiger partial charge in [-0.3, -0.25) is 4.79 Å². The summed E-state index contributed by atoms with van der Waals surface area (Å²) in [5.74, 6) is -5.24. The van der Waals surface area contributed by atoms with Crippen LogP contribution in [0.1, 0.15) is 16.1 Å². The van der Waals surface area contributed by atoms with Gasteiger partial charge in [-0.25, -0.2) is 0 Å². The number of alkyl halides is 5. The third kappa shape index (κ3) is 3.61. The van der Waals surface area contributed by atoms with Crippen molar-refractivity contribution in [2.45, 2.75) is 18.1 Å². The van der Waals surface area contributed by atoms with Gasteiger partial charge in [0.05, 0.1) is 11.7 Å². The van der Waals surface area contributed by atoms with E-state index in [1.165, 1.54) is 12.1 Å². The van der Waals surface area contributed by atoms with Gasteiger partial charge in [-0.2, -0.15) is 22.0 Å². The maximum absolute atomic E-state index is 13.3. The van der Waals surface area contributed by atoms with Gasteiger partial charge >= 0.3 is 12.1 Å². The zero-order valence-corrected chi connectivity index (χ0v) is 14.1. The molecule has 10 heteroatoms. The molecule has 144 valence electrons. The molecule has 2 aromatic rings. The van der Waals surface area contributed by atoms with Crippen molar-refractivity contribution in [2.24, 2.45) is 0 Å². The quantitative estimate of drug-likeness (QED) is 0.821. The van der Waals surface area contributed by atoms with Crippen molar-refractivity contribution in [2.75, 3.05) is 20.1 Å². The summed E-state index contributed by atoms with van der Waals surface area (Å²) < 4.78 is 63.8. The van der Waals surface area contributed by atoms with Crippen LogP contribution in [-0.4, -0.2) is 53.4 Å². The van der Waals surface area contributed by atoms with Crippen molar-refractivity contribution >= 4 is 5.91 Å². The van der Waals surface area contributed by atoms with Gasteiger partial charge < -0.3 is 10.2 Å². The number of halogens is 5. The zero-order chi connectivity index (χ0) is 19.8. The molecule has 0 aliphatic carbocycles. The first-order valence-electron chi connectivity index (χ1n) is 7.98. The molecular formula is C17H15F5N4O. The molecule has 3 rings (SSSR count). The van der Waals surface area contributed by atoms with Crippen molar-refractivity contribution in [3.05, 3.63) is 47.7 Å². The highest BCUT2D eigenvalue weighted by Crippen LogP contribution is 2.44. The highest BCUT2D eigenvalue weighted by atomic mass is 19.4. The first kappa shape index (κ1) is 19.2. The van der Waals surface area contributed by atoms with E-state index in [1.54, 1.807) is 11.9 Å². The van der Waals surface area contributed by atoms with Crippen LogP contribution in [0, 0.1) is 0 Å². The molecule has 0 bridgehead atoms. The van der Waals surface area contributed by atoms with Crippen LogP contribution < -0.4 is 5.32 Å². The molecule has 1 aromatic heterocycles. The van der Waals surface area contributed by atoms with E-state index >= 15 is 0 Å². The number of aromatic nitrogens is 2. The molecule has 1 saturated heterocycles. The molecule has 2 heterocycles. The Morgan fingerprint density at radius 1 is 1.04 bits per heavy atom. The number of carbonyl (C=O) groups is 1. The van der Waals surface area contributed by atoms with Crippen LogP contribution >= 0.6 is 0 Å². The average Bonchev–Trinajstić information content (AvgIpc) is 2.59. The third-order valence-corrected chi connectivity index (χ3v) is 4.41. The molecule has 0 saturated carbocycles. The predicted octanol–water partition coefficient (Wildman–Crippen LogP) is 2.84. The Hall–Kier alpha value is -2.62. The molecule has 1 aliphatic heterocycles. The number of hydrogen-bond donors (Lipinski definition) is 1. The fraction of sp³-hybridized carbons (Fsp3) is 0.353. The number of nitrogens with one attached hydrogen (secondary N) is 1. The monoisotopic (exact) mass is 386 g/mol. The van der Waals surface area contributed by atoms with E-state index in [9.17, 15) is 26.7 Å². The van der Waals surface area contributed by atoms with Gasteiger partial charge in [-0.15, -0.1) is 10.2 Å². The first-order valence-corrected chi connectivity index (χ1v) is 7.98. The number of nitrogens with zero attached hydrogens (tertiary/aromatic N) is 3. The van der Waals surface area contributed by atoms with E-state index in [0.717, 1.165) is 12.1 Å². The van der Waals surface area contributed by atoms with Crippen LogP contribution in [0.15, 0.2) is 36.4 Å². The van der Waals surface area contributed by atoms with Crippen LogP contribution in [-0.2, 0) is 5.92 Å². The van der Waals surface area contributed by atoms with E-state index in [4.69, 9.17) is 0 Å². The van der Waals surface area contributed by atoms with Crippen molar-refractivity contribution < 1.29 is 26.7 Å². The minimum Gasteiger partial charge on any atom is -0.335 e. The van der Waals surface area contributed by atoms with Gasteiger partial charge in [0.25, 0.3) is 5.91 Å². The molecule has 1 fully saturated rings. The van der Waals surface area contributed by atoms with Crippen LogP contribution in [0.4, 0.5) is 22.0 Å². The fourth-order valence-electron chi connectivity index (χ4n) is 2.51. The van der Waals surface area contributed by atoms with Crippen molar-refractivity contribution in [3.8, 4) is 11.3 Å². The second kappa shape index (κ2) is 6.84. The number of amides is 1. The SMILES string of the molecule is CN(C(=O)c1ccc(-c2ccc(C(F)(F)C(F)(F)F)cc2)nn1)C1CNC1. The standard InChI is InChI=1S/C17H15F5N4O/c1-26(12-8-23-9-12)15(27)14-7-6-13(24-25-14)10-2-4-11(5-3-10)16(18,19)17(20,21)22/h2-7,12,23H,8-9H2,1H3. The number of rotatable bonds is 4. The van der Waals surface area contributed by atoms with Gasteiger partial charge in [-0.1, -0.05) is 24.3 Å². The minimum atomic E-state index is -5.67. The highest BCUT2D eigenvalue weighted by molar-refractivity contribution is 5.92. The Bertz CT molecular complexity index is 817. The Morgan fingerprint density at radius 2 is 1.67 bits per heavy atom. The van der Waals surface area contributed by atoms with Gasteiger partial charge in [0.15, 0.2) is 5.69 Å². The second-order valence-corrected chi connectivity index (χ2v) is 6.18. The Balaban J connectivity index is 1.76. The van der Waals surface area contributed by atoms with Crippen LogP contribution in [0.3, 0.4) is 0 Å². The molecule has 1 aliphatic rings. The Kier molecular flexibility index (Phi) is 4.85. The normalized spacial score (nSPS) is 15.3. The molecule has 0 unspecified atom stereocenters. The molecule has 0 radical (unpaired) electrons. The lowest BCUT2D eigenvalue weighted by Crippen LogP contribution is -2.57. The van der Waals surface area contributed by atoms with Crippen LogP contribution in [0.25, 0.3) is 11.3 Å².